The standard InChI is InChI=1S/C31H36N4O6S/c1-2-29(31(37)32-25-14-8-4-9-15-25)33(22-24-12-6-3-7-13-24)30(36)23-34(26-18-20-27(21-19-26)35(38)39)42(40,41)28-16-10-5-11-17-28/h3,5-7,10-13,16-21,25,29H,2,4,8-9,14-15,22-23H2,1H3,(H,32,37)/t29-/m0/s1. The second kappa shape index (κ2) is 14.1. The van der Waals surface area contributed by atoms with Crippen LogP contribution in [0, 0.1) is 10.1 Å². The lowest BCUT2D eigenvalue weighted by atomic mass is 9.95. The zero-order valence-electron chi connectivity index (χ0n) is 23.6. The highest BCUT2D eigenvalue weighted by Crippen LogP contribution is 2.27. The fraction of sp³-hybridized carbons (Fsp3) is 0.355. The summed E-state index contributed by atoms with van der Waals surface area (Å²) < 4.78 is 28.6. The first-order valence-electron chi connectivity index (χ1n) is 14.2. The third-order valence-electron chi connectivity index (χ3n) is 7.49. The van der Waals surface area contributed by atoms with E-state index in [0.29, 0.717) is 6.42 Å². The van der Waals surface area contributed by atoms with E-state index in [9.17, 15) is 28.1 Å². The van der Waals surface area contributed by atoms with Crippen LogP contribution >= 0.6 is 0 Å². The minimum atomic E-state index is -4.25. The van der Waals surface area contributed by atoms with E-state index < -0.39 is 33.4 Å². The molecule has 1 fully saturated rings. The largest absolute Gasteiger partial charge is 0.352 e. The van der Waals surface area contributed by atoms with Gasteiger partial charge in [0.1, 0.15) is 12.6 Å². The molecule has 0 radical (unpaired) electrons. The van der Waals surface area contributed by atoms with Crippen LogP contribution in [0.5, 0.6) is 0 Å². The van der Waals surface area contributed by atoms with Crippen molar-refractivity contribution >= 4 is 33.2 Å². The van der Waals surface area contributed by atoms with Gasteiger partial charge in [-0.3, -0.25) is 24.0 Å². The van der Waals surface area contributed by atoms with Gasteiger partial charge in [0, 0.05) is 24.7 Å². The molecule has 1 aliphatic rings. The fourth-order valence-corrected chi connectivity index (χ4v) is 6.67. The van der Waals surface area contributed by atoms with Gasteiger partial charge in [-0.15, -0.1) is 0 Å². The van der Waals surface area contributed by atoms with Crippen molar-refractivity contribution in [3.8, 4) is 0 Å². The monoisotopic (exact) mass is 592 g/mol. The van der Waals surface area contributed by atoms with E-state index in [2.05, 4.69) is 5.32 Å². The van der Waals surface area contributed by atoms with E-state index in [0.717, 1.165) is 42.0 Å². The summed E-state index contributed by atoms with van der Waals surface area (Å²) in [6.07, 6.45) is 5.32. The van der Waals surface area contributed by atoms with Crippen LogP contribution in [0.2, 0.25) is 0 Å². The Labute approximate surface area is 246 Å². The molecule has 4 rings (SSSR count). The summed E-state index contributed by atoms with van der Waals surface area (Å²) >= 11 is 0. The first kappa shape index (κ1) is 30.7. The molecule has 42 heavy (non-hydrogen) atoms. The number of nitro groups is 1. The van der Waals surface area contributed by atoms with Crippen molar-refractivity contribution in [1.29, 1.82) is 0 Å². The highest BCUT2D eigenvalue weighted by molar-refractivity contribution is 7.92. The predicted molar refractivity (Wildman–Crippen MR) is 160 cm³/mol. The highest BCUT2D eigenvalue weighted by atomic mass is 32.2. The van der Waals surface area contributed by atoms with Crippen LogP contribution in [0.15, 0.2) is 89.8 Å². The molecule has 0 bridgehead atoms. The molecule has 0 aromatic heterocycles. The minimum Gasteiger partial charge on any atom is -0.352 e. The number of nitro benzene ring substituents is 1. The van der Waals surface area contributed by atoms with Gasteiger partial charge in [0.25, 0.3) is 15.7 Å². The van der Waals surface area contributed by atoms with Crippen molar-refractivity contribution in [2.75, 3.05) is 10.8 Å². The Morgan fingerprint density at radius 2 is 1.52 bits per heavy atom. The van der Waals surface area contributed by atoms with Gasteiger partial charge in [-0.05, 0) is 49.1 Å². The molecule has 0 heterocycles. The molecule has 3 aromatic rings. The Bertz CT molecular complexity index is 1460. The second-order valence-corrected chi connectivity index (χ2v) is 12.2. The number of benzene rings is 3. The SMILES string of the molecule is CC[C@@H](C(=O)NC1CCCCC1)N(Cc1ccccc1)C(=O)CN(c1ccc([N+](=O)[O-])cc1)S(=O)(=O)c1ccccc1. The van der Waals surface area contributed by atoms with Crippen LogP contribution in [0.3, 0.4) is 0 Å². The molecule has 1 N–H and O–H groups in total. The molecule has 1 aliphatic carbocycles. The highest BCUT2D eigenvalue weighted by Gasteiger charge is 2.34. The molecule has 1 atom stereocenters. The van der Waals surface area contributed by atoms with E-state index >= 15 is 0 Å². The normalized spacial score (nSPS) is 14.5. The van der Waals surface area contributed by atoms with Crippen molar-refractivity contribution in [2.45, 2.75) is 69.0 Å². The molecule has 2 amide bonds. The number of carbonyl (C=O) groups excluding carboxylic acids is 2. The first-order chi connectivity index (χ1) is 20.2. The van der Waals surface area contributed by atoms with Gasteiger partial charge >= 0.3 is 0 Å². The number of carbonyl (C=O) groups is 2. The van der Waals surface area contributed by atoms with E-state index in [1.165, 1.54) is 41.3 Å². The lowest BCUT2D eigenvalue weighted by molar-refractivity contribution is -0.384. The molecule has 3 aromatic carbocycles. The molecular weight excluding hydrogens is 556 g/mol. The maximum Gasteiger partial charge on any atom is 0.269 e. The number of anilines is 1. The summed E-state index contributed by atoms with van der Waals surface area (Å²) in [4.78, 5) is 39.7. The maximum absolute atomic E-state index is 14.1. The fourth-order valence-electron chi connectivity index (χ4n) is 5.23. The van der Waals surface area contributed by atoms with E-state index in [-0.39, 0.29) is 34.8 Å². The van der Waals surface area contributed by atoms with E-state index in [1.54, 1.807) is 18.2 Å². The Morgan fingerprint density at radius 1 is 0.929 bits per heavy atom. The molecule has 0 saturated heterocycles. The van der Waals surface area contributed by atoms with Crippen molar-refractivity contribution in [1.82, 2.24) is 10.2 Å². The number of rotatable bonds is 12. The summed E-state index contributed by atoms with van der Waals surface area (Å²) in [6, 6.07) is 21.1. The predicted octanol–water partition coefficient (Wildman–Crippen LogP) is 5.05. The average Bonchev–Trinajstić information content (AvgIpc) is 3.01. The van der Waals surface area contributed by atoms with Crippen LogP contribution in [-0.2, 0) is 26.2 Å². The summed E-state index contributed by atoms with van der Waals surface area (Å²) in [5, 5.41) is 14.4. The quantitative estimate of drug-likeness (QED) is 0.232. The summed E-state index contributed by atoms with van der Waals surface area (Å²) in [6.45, 7) is 1.33. The molecule has 222 valence electrons. The minimum absolute atomic E-state index is 0.0344. The molecule has 1 saturated carbocycles. The Kier molecular flexibility index (Phi) is 10.3. The topological polar surface area (TPSA) is 130 Å². The van der Waals surface area contributed by atoms with Gasteiger partial charge in [0.2, 0.25) is 11.8 Å². The Balaban J connectivity index is 1.69. The molecule has 0 unspecified atom stereocenters. The zero-order chi connectivity index (χ0) is 30.1. The van der Waals surface area contributed by atoms with E-state index in [1.807, 2.05) is 37.3 Å². The van der Waals surface area contributed by atoms with Crippen LogP contribution in [0.1, 0.15) is 51.0 Å². The number of nitrogens with zero attached hydrogens (tertiary/aromatic N) is 3. The lowest BCUT2D eigenvalue weighted by Crippen LogP contribution is -2.54. The molecule has 0 aliphatic heterocycles. The Morgan fingerprint density at radius 3 is 2.10 bits per heavy atom. The van der Waals surface area contributed by atoms with Gasteiger partial charge in [-0.25, -0.2) is 8.42 Å². The number of hydrogen-bond donors (Lipinski definition) is 1. The van der Waals surface area contributed by atoms with Crippen molar-refractivity contribution < 1.29 is 22.9 Å². The molecule has 11 heteroatoms. The van der Waals surface area contributed by atoms with Crippen molar-refractivity contribution in [3.63, 3.8) is 0 Å². The number of sulfonamides is 1. The second-order valence-electron chi connectivity index (χ2n) is 10.4. The number of amides is 2. The molecular formula is C31H36N4O6S. The molecule has 10 nitrogen and oxygen atoms in total. The van der Waals surface area contributed by atoms with Crippen molar-refractivity contribution in [3.05, 3.63) is 101 Å². The third kappa shape index (κ3) is 7.52. The van der Waals surface area contributed by atoms with Crippen LogP contribution in [-0.4, -0.2) is 48.7 Å². The number of hydrogen-bond acceptors (Lipinski definition) is 6. The van der Waals surface area contributed by atoms with Crippen LogP contribution in [0.25, 0.3) is 0 Å². The van der Waals surface area contributed by atoms with Gasteiger partial charge in [-0.1, -0.05) is 74.7 Å². The van der Waals surface area contributed by atoms with Crippen LogP contribution < -0.4 is 9.62 Å². The van der Waals surface area contributed by atoms with Gasteiger partial charge in [0.05, 0.1) is 15.5 Å². The molecule has 0 spiro atoms. The maximum atomic E-state index is 14.1. The first-order valence-corrected chi connectivity index (χ1v) is 15.6. The summed E-state index contributed by atoms with van der Waals surface area (Å²) in [5.41, 5.74) is 0.679. The van der Waals surface area contributed by atoms with Gasteiger partial charge in [-0.2, -0.15) is 0 Å². The van der Waals surface area contributed by atoms with Gasteiger partial charge in [0.15, 0.2) is 0 Å². The Hall–Kier alpha value is -4.25. The average molecular weight is 593 g/mol. The number of non-ortho nitro benzene ring substituents is 1. The zero-order valence-corrected chi connectivity index (χ0v) is 24.4. The number of nitrogens with one attached hydrogen (secondary N) is 1. The van der Waals surface area contributed by atoms with Gasteiger partial charge < -0.3 is 10.2 Å². The van der Waals surface area contributed by atoms with Crippen LogP contribution in [0.4, 0.5) is 11.4 Å². The summed E-state index contributed by atoms with van der Waals surface area (Å²) in [5.74, 6) is -0.830. The lowest BCUT2D eigenvalue weighted by Gasteiger charge is -2.34. The summed E-state index contributed by atoms with van der Waals surface area (Å²) in [7, 11) is -4.25. The van der Waals surface area contributed by atoms with E-state index in [4.69, 9.17) is 0 Å². The van der Waals surface area contributed by atoms with Crippen molar-refractivity contribution in [2.24, 2.45) is 0 Å². The third-order valence-corrected chi connectivity index (χ3v) is 9.28. The smallest absolute Gasteiger partial charge is 0.269 e.